The second kappa shape index (κ2) is 8.75. The number of hydrogen-bond acceptors (Lipinski definition) is 2. The Bertz CT molecular complexity index is 919. The second-order valence-corrected chi connectivity index (χ2v) is 7.34. The normalized spacial score (nSPS) is 12.6. The smallest absolute Gasteiger partial charge is 0.251 e. The van der Waals surface area contributed by atoms with Gasteiger partial charge in [0.05, 0.1) is 0 Å². The Morgan fingerprint density at radius 2 is 1.61 bits per heavy atom. The number of aryl methyl sites for hydroxylation is 1. The van der Waals surface area contributed by atoms with Gasteiger partial charge < -0.3 is 10.2 Å². The summed E-state index contributed by atoms with van der Waals surface area (Å²) in [6, 6.07) is 27.0. The van der Waals surface area contributed by atoms with Crippen LogP contribution in [0.4, 0.5) is 5.69 Å². The quantitative estimate of drug-likeness (QED) is 0.616. The first-order valence-electron chi connectivity index (χ1n) is 10.0. The molecule has 0 bridgehead atoms. The van der Waals surface area contributed by atoms with Crippen molar-refractivity contribution in [3.63, 3.8) is 0 Å². The van der Waals surface area contributed by atoms with E-state index < -0.39 is 0 Å². The molecule has 3 heteroatoms. The Morgan fingerprint density at radius 3 is 2.43 bits per heavy atom. The van der Waals surface area contributed by atoms with Crippen molar-refractivity contribution >= 4 is 11.6 Å². The number of carbonyl (C=O) groups excluding carboxylic acids is 1. The molecule has 3 aromatic rings. The number of benzene rings is 3. The van der Waals surface area contributed by atoms with E-state index in [4.69, 9.17) is 0 Å². The monoisotopic (exact) mass is 370 g/mol. The van der Waals surface area contributed by atoms with Crippen LogP contribution in [-0.4, -0.2) is 19.0 Å². The van der Waals surface area contributed by atoms with E-state index in [-0.39, 0.29) is 5.91 Å². The van der Waals surface area contributed by atoms with E-state index in [1.54, 1.807) is 0 Å². The molecular weight excluding hydrogens is 344 g/mol. The van der Waals surface area contributed by atoms with Crippen LogP contribution in [-0.2, 0) is 19.4 Å². The molecule has 0 fully saturated rings. The van der Waals surface area contributed by atoms with E-state index in [1.165, 1.54) is 22.4 Å². The summed E-state index contributed by atoms with van der Waals surface area (Å²) in [6.07, 6.45) is 3.04. The van der Waals surface area contributed by atoms with Crippen LogP contribution in [0.3, 0.4) is 0 Å². The molecule has 0 saturated carbocycles. The summed E-state index contributed by atoms with van der Waals surface area (Å²) in [4.78, 5) is 14.8. The number of rotatable bonds is 7. The largest absolute Gasteiger partial charge is 0.367 e. The minimum absolute atomic E-state index is 0.00568. The van der Waals surface area contributed by atoms with Gasteiger partial charge in [0.25, 0.3) is 5.91 Å². The second-order valence-electron chi connectivity index (χ2n) is 7.34. The van der Waals surface area contributed by atoms with Crippen LogP contribution in [0.2, 0.25) is 0 Å². The van der Waals surface area contributed by atoms with Crippen LogP contribution < -0.4 is 10.2 Å². The van der Waals surface area contributed by atoms with Gasteiger partial charge in [0, 0.05) is 30.9 Å². The Labute approximate surface area is 167 Å². The highest BCUT2D eigenvalue weighted by atomic mass is 16.1. The molecular formula is C25H26N2O. The van der Waals surface area contributed by atoms with Crippen molar-refractivity contribution in [3.8, 4) is 0 Å². The van der Waals surface area contributed by atoms with Crippen molar-refractivity contribution in [1.29, 1.82) is 0 Å². The van der Waals surface area contributed by atoms with E-state index in [2.05, 4.69) is 70.9 Å². The van der Waals surface area contributed by atoms with Gasteiger partial charge in [0.15, 0.2) is 0 Å². The molecule has 3 aromatic carbocycles. The number of nitrogens with one attached hydrogen (secondary N) is 1. The summed E-state index contributed by atoms with van der Waals surface area (Å²) in [5.74, 6) is 0.00568. The van der Waals surface area contributed by atoms with Crippen molar-refractivity contribution in [2.24, 2.45) is 0 Å². The fourth-order valence-corrected chi connectivity index (χ4v) is 3.79. The van der Waals surface area contributed by atoms with Crippen molar-refractivity contribution in [1.82, 2.24) is 5.32 Å². The number of hydrogen-bond donors (Lipinski definition) is 1. The number of nitrogens with zero attached hydrogens (tertiary/aromatic N) is 1. The van der Waals surface area contributed by atoms with Crippen LogP contribution in [0.25, 0.3) is 0 Å². The molecule has 28 heavy (non-hydrogen) atoms. The molecule has 0 aliphatic carbocycles. The first-order valence-corrected chi connectivity index (χ1v) is 10.0. The van der Waals surface area contributed by atoms with E-state index >= 15 is 0 Å². The van der Waals surface area contributed by atoms with Crippen LogP contribution >= 0.6 is 0 Å². The highest BCUT2D eigenvalue weighted by Crippen LogP contribution is 2.28. The van der Waals surface area contributed by atoms with Crippen molar-refractivity contribution in [2.75, 3.05) is 18.0 Å². The lowest BCUT2D eigenvalue weighted by molar-refractivity contribution is 0.0953. The third kappa shape index (κ3) is 4.42. The highest BCUT2D eigenvalue weighted by molar-refractivity contribution is 5.94. The summed E-state index contributed by atoms with van der Waals surface area (Å²) in [6.45, 7) is 2.64. The van der Waals surface area contributed by atoms with Crippen molar-refractivity contribution in [2.45, 2.75) is 25.8 Å². The van der Waals surface area contributed by atoms with E-state index in [0.29, 0.717) is 6.54 Å². The van der Waals surface area contributed by atoms with Gasteiger partial charge in [0.1, 0.15) is 0 Å². The first-order chi connectivity index (χ1) is 13.8. The van der Waals surface area contributed by atoms with Gasteiger partial charge in [-0.05, 0) is 54.2 Å². The molecule has 1 N–H and O–H groups in total. The summed E-state index contributed by atoms with van der Waals surface area (Å²) >= 11 is 0. The van der Waals surface area contributed by atoms with Gasteiger partial charge >= 0.3 is 0 Å². The third-order valence-electron chi connectivity index (χ3n) is 5.34. The lowest BCUT2D eigenvalue weighted by atomic mass is 10.1. The molecule has 0 atom stereocenters. The van der Waals surface area contributed by atoms with Crippen molar-refractivity contribution in [3.05, 3.63) is 101 Å². The minimum atomic E-state index is 0.00568. The maximum Gasteiger partial charge on any atom is 0.251 e. The SMILES string of the molecule is O=C(NCCCc1ccccc1)c1ccc(CN2CCc3ccccc32)cc1. The van der Waals surface area contributed by atoms with Gasteiger partial charge in [0.2, 0.25) is 0 Å². The maximum absolute atomic E-state index is 12.4. The van der Waals surface area contributed by atoms with Crippen LogP contribution in [0.1, 0.15) is 33.5 Å². The van der Waals surface area contributed by atoms with Crippen LogP contribution in [0.5, 0.6) is 0 Å². The zero-order valence-electron chi connectivity index (χ0n) is 16.1. The van der Waals surface area contributed by atoms with Gasteiger partial charge in [-0.1, -0.05) is 60.7 Å². The molecule has 3 nitrogen and oxygen atoms in total. The van der Waals surface area contributed by atoms with Gasteiger partial charge in [-0.2, -0.15) is 0 Å². The fourth-order valence-electron chi connectivity index (χ4n) is 3.79. The zero-order chi connectivity index (χ0) is 19.2. The van der Waals surface area contributed by atoms with E-state index in [0.717, 1.165) is 37.9 Å². The van der Waals surface area contributed by atoms with Gasteiger partial charge in [-0.15, -0.1) is 0 Å². The molecule has 0 radical (unpaired) electrons. The third-order valence-corrected chi connectivity index (χ3v) is 5.34. The number of para-hydroxylation sites is 1. The highest BCUT2D eigenvalue weighted by Gasteiger charge is 2.18. The van der Waals surface area contributed by atoms with E-state index in [1.807, 2.05) is 18.2 Å². The average Bonchev–Trinajstić information content (AvgIpc) is 3.15. The molecule has 0 spiro atoms. The topological polar surface area (TPSA) is 32.3 Å². The minimum Gasteiger partial charge on any atom is -0.367 e. The molecule has 0 saturated heterocycles. The number of carbonyl (C=O) groups is 1. The van der Waals surface area contributed by atoms with Gasteiger partial charge in [-0.3, -0.25) is 4.79 Å². The lowest BCUT2D eigenvalue weighted by Crippen LogP contribution is -2.25. The lowest BCUT2D eigenvalue weighted by Gasteiger charge is -2.19. The Morgan fingerprint density at radius 1 is 0.857 bits per heavy atom. The standard InChI is InChI=1S/C25H26N2O/c28-25(26-17-6-9-20-7-2-1-3-8-20)23-14-12-21(13-15-23)19-27-18-16-22-10-4-5-11-24(22)27/h1-5,7-8,10-15H,6,9,16-19H2,(H,26,28). The Hall–Kier alpha value is -3.07. The number of anilines is 1. The summed E-state index contributed by atoms with van der Waals surface area (Å²) in [7, 11) is 0. The first kappa shape index (κ1) is 18.3. The summed E-state index contributed by atoms with van der Waals surface area (Å²) in [5, 5.41) is 3.03. The summed E-state index contributed by atoms with van der Waals surface area (Å²) in [5.41, 5.74) is 6.03. The molecule has 4 rings (SSSR count). The average molecular weight is 370 g/mol. The molecule has 1 aliphatic rings. The molecule has 142 valence electrons. The molecule has 1 aliphatic heterocycles. The molecule has 0 unspecified atom stereocenters. The predicted octanol–water partition coefficient (Wildman–Crippen LogP) is 4.61. The molecule has 0 aromatic heterocycles. The summed E-state index contributed by atoms with van der Waals surface area (Å²) < 4.78 is 0. The number of fused-ring (bicyclic) bond motifs is 1. The predicted molar refractivity (Wildman–Crippen MR) is 115 cm³/mol. The van der Waals surface area contributed by atoms with Crippen molar-refractivity contribution < 1.29 is 4.79 Å². The van der Waals surface area contributed by atoms with E-state index in [9.17, 15) is 4.79 Å². The number of amides is 1. The molecule has 1 heterocycles. The fraction of sp³-hybridized carbons (Fsp3) is 0.240. The zero-order valence-corrected chi connectivity index (χ0v) is 16.1. The molecule has 1 amide bonds. The Kier molecular flexibility index (Phi) is 5.72. The van der Waals surface area contributed by atoms with Crippen LogP contribution in [0.15, 0.2) is 78.9 Å². The Balaban J connectivity index is 1.26. The van der Waals surface area contributed by atoms with Gasteiger partial charge in [-0.25, -0.2) is 0 Å². The maximum atomic E-state index is 12.4. The van der Waals surface area contributed by atoms with Crippen LogP contribution in [0, 0.1) is 0 Å².